The fourth-order valence-corrected chi connectivity index (χ4v) is 1.38. The van der Waals surface area contributed by atoms with Gasteiger partial charge in [-0.3, -0.25) is 4.79 Å². The van der Waals surface area contributed by atoms with Crippen molar-refractivity contribution in [3.63, 3.8) is 0 Å². The molecule has 8 heteroatoms. The van der Waals surface area contributed by atoms with E-state index in [2.05, 4.69) is 20.4 Å². The van der Waals surface area contributed by atoms with Crippen LogP contribution >= 0.6 is 0 Å². The van der Waals surface area contributed by atoms with Crippen molar-refractivity contribution in [2.24, 2.45) is 0 Å². The Morgan fingerprint density at radius 1 is 1.39 bits per heavy atom. The monoisotopic (exact) mass is 256 g/mol. The van der Waals surface area contributed by atoms with Crippen molar-refractivity contribution in [2.45, 2.75) is 13.0 Å². The Hall–Kier alpha value is -1.96. The highest BCUT2D eigenvalue weighted by molar-refractivity contribution is 5.88. The van der Waals surface area contributed by atoms with Crippen molar-refractivity contribution < 1.29 is 19.1 Å². The number of hydrogen-bond donors (Lipinski definition) is 1. The van der Waals surface area contributed by atoms with Crippen LogP contribution in [-0.4, -0.2) is 54.7 Å². The first kappa shape index (κ1) is 14.1. The predicted octanol–water partition coefficient (Wildman–Crippen LogP) is -1.00. The van der Waals surface area contributed by atoms with E-state index in [1.54, 1.807) is 7.11 Å². The molecule has 1 heterocycles. The Labute approximate surface area is 104 Å². The number of carbonyl (C=O) groups is 2. The first-order valence-corrected chi connectivity index (χ1v) is 5.34. The van der Waals surface area contributed by atoms with Gasteiger partial charge in [-0.05, 0) is 0 Å². The summed E-state index contributed by atoms with van der Waals surface area (Å²) in [5, 5.41) is 9.98. The molecule has 0 aliphatic rings. The van der Waals surface area contributed by atoms with Crippen molar-refractivity contribution in [3.05, 3.63) is 11.4 Å². The fraction of sp³-hybridized carbons (Fsp3) is 0.600. The lowest BCUT2D eigenvalue weighted by molar-refractivity contribution is -0.121. The number of nitrogens with one attached hydrogen (secondary N) is 1. The summed E-state index contributed by atoms with van der Waals surface area (Å²) in [4.78, 5) is 22.8. The van der Waals surface area contributed by atoms with E-state index in [0.29, 0.717) is 18.7 Å². The molecule has 100 valence electrons. The molecule has 0 unspecified atom stereocenters. The normalized spacial score (nSPS) is 10.2. The number of methoxy groups -OCH3 is 2. The molecule has 1 rings (SSSR count). The smallest absolute Gasteiger partial charge is 0.360 e. The van der Waals surface area contributed by atoms with Crippen LogP contribution in [-0.2, 0) is 27.2 Å². The summed E-state index contributed by atoms with van der Waals surface area (Å²) in [5.74, 6) is -0.806. The lowest BCUT2D eigenvalue weighted by Gasteiger charge is -2.06. The van der Waals surface area contributed by atoms with Gasteiger partial charge >= 0.3 is 5.97 Å². The Balaban J connectivity index is 2.98. The van der Waals surface area contributed by atoms with Gasteiger partial charge < -0.3 is 14.8 Å². The van der Waals surface area contributed by atoms with Gasteiger partial charge in [0.1, 0.15) is 6.54 Å². The maximum Gasteiger partial charge on any atom is 0.360 e. The Morgan fingerprint density at radius 3 is 2.67 bits per heavy atom. The van der Waals surface area contributed by atoms with Crippen LogP contribution in [0.15, 0.2) is 0 Å². The second-order valence-electron chi connectivity index (χ2n) is 3.45. The molecule has 0 atom stereocenters. The maximum atomic E-state index is 11.5. The van der Waals surface area contributed by atoms with E-state index < -0.39 is 5.97 Å². The van der Waals surface area contributed by atoms with Gasteiger partial charge in [0.15, 0.2) is 5.69 Å². The molecule has 0 aliphatic heterocycles. The van der Waals surface area contributed by atoms with Gasteiger partial charge in [0, 0.05) is 20.6 Å². The third-order valence-corrected chi connectivity index (χ3v) is 2.33. The minimum Gasteiger partial charge on any atom is -0.464 e. The molecule has 0 aliphatic carbocycles. The Morgan fingerprint density at radius 2 is 2.11 bits per heavy atom. The second-order valence-corrected chi connectivity index (χ2v) is 3.45. The predicted molar refractivity (Wildman–Crippen MR) is 61.0 cm³/mol. The molecular formula is C10H16N4O4. The van der Waals surface area contributed by atoms with Gasteiger partial charge in [-0.1, -0.05) is 5.21 Å². The van der Waals surface area contributed by atoms with E-state index in [1.165, 1.54) is 18.8 Å². The topological polar surface area (TPSA) is 95.3 Å². The zero-order chi connectivity index (χ0) is 13.5. The number of hydrogen-bond acceptors (Lipinski definition) is 6. The summed E-state index contributed by atoms with van der Waals surface area (Å²) < 4.78 is 10.9. The highest BCUT2D eigenvalue weighted by Gasteiger charge is 2.20. The van der Waals surface area contributed by atoms with Gasteiger partial charge in [-0.25, -0.2) is 9.48 Å². The van der Waals surface area contributed by atoms with Crippen molar-refractivity contribution in [1.29, 1.82) is 0 Å². The van der Waals surface area contributed by atoms with Crippen molar-refractivity contribution >= 4 is 11.9 Å². The maximum absolute atomic E-state index is 11.5. The van der Waals surface area contributed by atoms with Gasteiger partial charge in [0.25, 0.3) is 0 Å². The molecule has 0 aromatic carbocycles. The Kier molecular flexibility index (Phi) is 5.25. The summed E-state index contributed by atoms with van der Waals surface area (Å²) in [6.45, 7) is 0.394. The summed E-state index contributed by atoms with van der Waals surface area (Å²) in [5.41, 5.74) is 0.630. The minimum atomic E-state index is -0.579. The molecule has 0 bridgehead atoms. The van der Waals surface area contributed by atoms with E-state index in [9.17, 15) is 9.59 Å². The average molecular weight is 256 g/mol. The number of nitrogens with zero attached hydrogens (tertiary/aromatic N) is 3. The molecule has 18 heavy (non-hydrogen) atoms. The molecule has 1 aromatic rings. The molecule has 0 radical (unpaired) electrons. The third kappa shape index (κ3) is 3.27. The Bertz CT molecular complexity index is 430. The first-order valence-electron chi connectivity index (χ1n) is 5.34. The molecule has 0 spiro atoms. The van der Waals surface area contributed by atoms with Crippen LogP contribution in [0.1, 0.15) is 16.2 Å². The van der Waals surface area contributed by atoms with Crippen LogP contribution in [0.3, 0.4) is 0 Å². The number of carbonyl (C=O) groups excluding carboxylic acids is 2. The van der Waals surface area contributed by atoms with Gasteiger partial charge in [-0.2, -0.15) is 0 Å². The average Bonchev–Trinajstić information content (AvgIpc) is 2.78. The second kappa shape index (κ2) is 6.70. The molecule has 1 N–H and O–H groups in total. The molecular weight excluding hydrogens is 240 g/mol. The third-order valence-electron chi connectivity index (χ3n) is 2.33. The summed E-state index contributed by atoms with van der Waals surface area (Å²) in [7, 11) is 4.33. The quantitative estimate of drug-likeness (QED) is 0.656. The summed E-state index contributed by atoms with van der Waals surface area (Å²) in [6, 6.07) is 0. The van der Waals surface area contributed by atoms with E-state index >= 15 is 0 Å². The van der Waals surface area contributed by atoms with E-state index in [0.717, 1.165) is 0 Å². The highest BCUT2D eigenvalue weighted by atomic mass is 16.5. The van der Waals surface area contributed by atoms with Crippen LogP contribution in [0.2, 0.25) is 0 Å². The van der Waals surface area contributed by atoms with Crippen molar-refractivity contribution in [2.75, 3.05) is 27.9 Å². The van der Waals surface area contributed by atoms with Crippen LogP contribution < -0.4 is 5.32 Å². The van der Waals surface area contributed by atoms with Gasteiger partial charge in [0.2, 0.25) is 5.91 Å². The van der Waals surface area contributed by atoms with Gasteiger partial charge in [-0.15, -0.1) is 5.10 Å². The van der Waals surface area contributed by atoms with Gasteiger partial charge in [0.05, 0.1) is 19.4 Å². The standard InChI is InChI=1S/C10H16N4O4/c1-11-8(15)6-14-7(4-5-17-2)9(12-13-14)10(16)18-3/h4-6H2,1-3H3,(H,11,15). The van der Waals surface area contributed by atoms with Crippen LogP contribution in [0.25, 0.3) is 0 Å². The van der Waals surface area contributed by atoms with Crippen LogP contribution in [0.5, 0.6) is 0 Å². The zero-order valence-electron chi connectivity index (χ0n) is 10.6. The lowest BCUT2D eigenvalue weighted by atomic mass is 10.2. The number of amides is 1. The SMILES string of the molecule is CNC(=O)Cn1nnc(C(=O)OC)c1CCOC. The molecule has 8 nitrogen and oxygen atoms in total. The molecule has 1 amide bonds. The number of likely N-dealkylation sites (N-methyl/N-ethyl adjacent to an activating group) is 1. The summed E-state index contributed by atoms with van der Waals surface area (Å²) >= 11 is 0. The van der Waals surface area contributed by atoms with Crippen LogP contribution in [0.4, 0.5) is 0 Å². The molecule has 1 aromatic heterocycles. The van der Waals surface area contributed by atoms with Crippen LogP contribution in [0, 0.1) is 0 Å². The van der Waals surface area contributed by atoms with Crippen molar-refractivity contribution in [1.82, 2.24) is 20.3 Å². The number of esters is 1. The molecule has 0 fully saturated rings. The fourth-order valence-electron chi connectivity index (χ4n) is 1.38. The number of rotatable bonds is 6. The zero-order valence-corrected chi connectivity index (χ0v) is 10.6. The first-order chi connectivity index (χ1) is 8.63. The molecule has 0 saturated carbocycles. The minimum absolute atomic E-state index is 0.000454. The highest BCUT2D eigenvalue weighted by Crippen LogP contribution is 2.08. The largest absolute Gasteiger partial charge is 0.464 e. The van der Waals surface area contributed by atoms with E-state index in [-0.39, 0.29) is 18.1 Å². The molecule has 0 saturated heterocycles. The number of ether oxygens (including phenoxy) is 2. The summed E-state index contributed by atoms with van der Waals surface area (Å²) in [6.07, 6.45) is 0.422. The number of aromatic nitrogens is 3. The van der Waals surface area contributed by atoms with E-state index in [1.807, 2.05) is 0 Å². The van der Waals surface area contributed by atoms with Crippen molar-refractivity contribution in [3.8, 4) is 0 Å². The van der Waals surface area contributed by atoms with E-state index in [4.69, 9.17) is 4.74 Å². The lowest BCUT2D eigenvalue weighted by Crippen LogP contribution is -2.25.